The van der Waals surface area contributed by atoms with E-state index in [1.807, 2.05) is 12.1 Å². The molecule has 1 aliphatic rings. The highest BCUT2D eigenvalue weighted by atomic mass is 16.3. The molecular formula is C12H12N2O3. The smallest absolute Gasteiger partial charge is 0.328 e. The molecule has 0 saturated carbocycles. The SMILES string of the molecule is O=c1[nH]c(=O)n2c3c(cccc13)CC(CO)C2. The van der Waals surface area contributed by atoms with Crippen LogP contribution in [0.2, 0.25) is 0 Å². The minimum absolute atomic E-state index is 0.0386. The van der Waals surface area contributed by atoms with Crippen molar-refractivity contribution in [1.82, 2.24) is 9.55 Å². The van der Waals surface area contributed by atoms with E-state index in [0.717, 1.165) is 5.56 Å². The second-order valence-electron chi connectivity index (χ2n) is 4.44. The maximum atomic E-state index is 11.8. The summed E-state index contributed by atoms with van der Waals surface area (Å²) in [5.41, 5.74) is 0.931. The summed E-state index contributed by atoms with van der Waals surface area (Å²) >= 11 is 0. The van der Waals surface area contributed by atoms with Crippen LogP contribution in [0.15, 0.2) is 27.8 Å². The molecule has 0 aliphatic carbocycles. The van der Waals surface area contributed by atoms with Crippen LogP contribution in [-0.2, 0) is 13.0 Å². The van der Waals surface area contributed by atoms with E-state index >= 15 is 0 Å². The van der Waals surface area contributed by atoms with E-state index in [9.17, 15) is 14.7 Å². The fourth-order valence-corrected chi connectivity index (χ4v) is 2.52. The Kier molecular flexibility index (Phi) is 2.16. The van der Waals surface area contributed by atoms with Gasteiger partial charge in [-0.2, -0.15) is 0 Å². The van der Waals surface area contributed by atoms with E-state index < -0.39 is 5.69 Å². The molecule has 0 spiro atoms. The normalized spacial score (nSPS) is 18.5. The monoisotopic (exact) mass is 232 g/mol. The number of aliphatic hydroxyl groups excluding tert-OH is 1. The molecule has 3 rings (SSSR count). The van der Waals surface area contributed by atoms with E-state index in [-0.39, 0.29) is 18.1 Å². The van der Waals surface area contributed by atoms with Crippen LogP contribution in [0.5, 0.6) is 0 Å². The Labute approximate surface area is 96.3 Å². The number of benzene rings is 1. The summed E-state index contributed by atoms with van der Waals surface area (Å²) in [6.07, 6.45) is 0.705. The third-order valence-corrected chi connectivity index (χ3v) is 3.31. The van der Waals surface area contributed by atoms with Gasteiger partial charge in [-0.15, -0.1) is 0 Å². The van der Waals surface area contributed by atoms with Crippen LogP contribution in [0.4, 0.5) is 0 Å². The number of H-pyrrole nitrogens is 1. The van der Waals surface area contributed by atoms with Crippen LogP contribution in [-0.4, -0.2) is 21.3 Å². The maximum Gasteiger partial charge on any atom is 0.328 e. The number of aromatic amines is 1. The Morgan fingerprint density at radius 1 is 1.41 bits per heavy atom. The lowest BCUT2D eigenvalue weighted by molar-refractivity contribution is 0.206. The molecule has 5 heteroatoms. The van der Waals surface area contributed by atoms with E-state index in [1.54, 1.807) is 10.6 Å². The van der Waals surface area contributed by atoms with Gasteiger partial charge in [-0.05, 0) is 18.1 Å². The molecule has 17 heavy (non-hydrogen) atoms. The van der Waals surface area contributed by atoms with Crippen LogP contribution >= 0.6 is 0 Å². The van der Waals surface area contributed by atoms with Gasteiger partial charge in [-0.25, -0.2) is 4.79 Å². The van der Waals surface area contributed by atoms with Crippen LogP contribution in [0.3, 0.4) is 0 Å². The third-order valence-electron chi connectivity index (χ3n) is 3.31. The van der Waals surface area contributed by atoms with Crippen molar-refractivity contribution in [3.63, 3.8) is 0 Å². The van der Waals surface area contributed by atoms with Gasteiger partial charge in [0.1, 0.15) is 0 Å². The fourth-order valence-electron chi connectivity index (χ4n) is 2.52. The summed E-state index contributed by atoms with van der Waals surface area (Å²) in [5, 5.41) is 9.77. The van der Waals surface area contributed by atoms with Gasteiger partial charge in [0.25, 0.3) is 5.56 Å². The average Bonchev–Trinajstić information content (AvgIpc) is 2.35. The number of para-hydroxylation sites is 1. The van der Waals surface area contributed by atoms with E-state index in [0.29, 0.717) is 23.9 Å². The third kappa shape index (κ3) is 1.43. The molecule has 0 amide bonds. The van der Waals surface area contributed by atoms with Gasteiger partial charge < -0.3 is 5.11 Å². The Bertz CT molecular complexity index is 699. The molecule has 0 saturated heterocycles. The summed E-state index contributed by atoms with van der Waals surface area (Å²) in [6.45, 7) is 0.501. The Morgan fingerprint density at radius 3 is 3.00 bits per heavy atom. The highest BCUT2D eigenvalue weighted by Crippen LogP contribution is 2.23. The number of aromatic nitrogens is 2. The van der Waals surface area contributed by atoms with Crippen molar-refractivity contribution in [3.05, 3.63) is 44.6 Å². The van der Waals surface area contributed by atoms with Crippen LogP contribution < -0.4 is 11.2 Å². The minimum atomic E-state index is -0.395. The van der Waals surface area contributed by atoms with Crippen molar-refractivity contribution in [2.45, 2.75) is 13.0 Å². The van der Waals surface area contributed by atoms with Gasteiger partial charge >= 0.3 is 5.69 Å². The van der Waals surface area contributed by atoms with Crippen molar-refractivity contribution in [2.75, 3.05) is 6.61 Å². The summed E-state index contributed by atoms with van der Waals surface area (Å²) in [5.74, 6) is 0.0386. The Hall–Kier alpha value is -1.88. The van der Waals surface area contributed by atoms with Gasteiger partial charge in [0.2, 0.25) is 0 Å². The van der Waals surface area contributed by atoms with Crippen LogP contribution in [0.25, 0.3) is 10.9 Å². The second-order valence-corrected chi connectivity index (χ2v) is 4.44. The predicted octanol–water partition coefficient (Wildman–Crippen LogP) is -0.146. The van der Waals surface area contributed by atoms with Gasteiger partial charge in [0.05, 0.1) is 10.9 Å². The quantitative estimate of drug-likeness (QED) is 0.718. The highest BCUT2D eigenvalue weighted by molar-refractivity contribution is 5.81. The van der Waals surface area contributed by atoms with E-state index in [2.05, 4.69) is 4.98 Å². The lowest BCUT2D eigenvalue weighted by Gasteiger charge is -2.24. The Morgan fingerprint density at radius 2 is 2.24 bits per heavy atom. The summed E-state index contributed by atoms with van der Waals surface area (Å²) in [6, 6.07) is 5.42. The first-order valence-corrected chi connectivity index (χ1v) is 5.56. The lowest BCUT2D eigenvalue weighted by atomic mass is 9.94. The summed E-state index contributed by atoms with van der Waals surface area (Å²) < 4.78 is 1.55. The fraction of sp³-hybridized carbons (Fsp3) is 0.333. The molecule has 1 aromatic heterocycles. The van der Waals surface area contributed by atoms with Gasteiger partial charge in [-0.1, -0.05) is 12.1 Å². The van der Waals surface area contributed by atoms with Crippen molar-refractivity contribution >= 4 is 10.9 Å². The molecule has 88 valence electrons. The molecule has 5 nitrogen and oxygen atoms in total. The molecule has 1 aromatic carbocycles. The molecule has 0 radical (unpaired) electrons. The largest absolute Gasteiger partial charge is 0.396 e. The predicted molar refractivity (Wildman–Crippen MR) is 63.1 cm³/mol. The van der Waals surface area contributed by atoms with Gasteiger partial charge in [0.15, 0.2) is 0 Å². The zero-order valence-electron chi connectivity index (χ0n) is 9.14. The zero-order chi connectivity index (χ0) is 12.0. The lowest BCUT2D eigenvalue weighted by Crippen LogP contribution is -2.36. The van der Waals surface area contributed by atoms with Crippen LogP contribution in [0, 0.1) is 5.92 Å². The van der Waals surface area contributed by atoms with Crippen molar-refractivity contribution in [3.8, 4) is 0 Å². The molecule has 0 bridgehead atoms. The first-order valence-electron chi connectivity index (χ1n) is 5.56. The van der Waals surface area contributed by atoms with Gasteiger partial charge in [-0.3, -0.25) is 14.3 Å². The topological polar surface area (TPSA) is 75.1 Å². The number of aliphatic hydroxyl groups is 1. The molecule has 2 aromatic rings. The summed E-state index contributed by atoms with van der Waals surface area (Å²) in [4.78, 5) is 25.7. The molecule has 0 fully saturated rings. The molecule has 1 unspecified atom stereocenters. The van der Waals surface area contributed by atoms with Crippen LogP contribution in [0.1, 0.15) is 5.56 Å². The number of rotatable bonds is 1. The highest BCUT2D eigenvalue weighted by Gasteiger charge is 2.21. The molecule has 2 heterocycles. The summed E-state index contributed by atoms with van der Waals surface area (Å²) in [7, 11) is 0. The standard InChI is InChI=1S/C12H12N2O3/c15-6-7-4-8-2-1-3-9-10(8)14(5-7)12(17)13-11(9)16/h1-3,7,15H,4-6H2,(H,13,16,17). The molecule has 2 N–H and O–H groups in total. The average molecular weight is 232 g/mol. The minimum Gasteiger partial charge on any atom is -0.396 e. The molecule has 1 aliphatic heterocycles. The Balaban J connectivity index is 2.44. The van der Waals surface area contributed by atoms with Crippen molar-refractivity contribution < 1.29 is 5.11 Å². The van der Waals surface area contributed by atoms with Crippen molar-refractivity contribution in [2.24, 2.45) is 5.92 Å². The number of hydrogen-bond donors (Lipinski definition) is 2. The first-order chi connectivity index (χ1) is 8.20. The van der Waals surface area contributed by atoms with E-state index in [4.69, 9.17) is 0 Å². The number of nitrogens with one attached hydrogen (secondary N) is 1. The number of hydrogen-bond acceptors (Lipinski definition) is 3. The zero-order valence-corrected chi connectivity index (χ0v) is 9.14. The number of nitrogens with zero attached hydrogens (tertiary/aromatic N) is 1. The maximum absolute atomic E-state index is 11.8. The first kappa shape index (κ1) is 10.3. The van der Waals surface area contributed by atoms with Crippen molar-refractivity contribution in [1.29, 1.82) is 0 Å². The van der Waals surface area contributed by atoms with E-state index in [1.165, 1.54) is 0 Å². The molecule has 1 atom stereocenters. The second kappa shape index (κ2) is 3.56. The molecular weight excluding hydrogens is 220 g/mol. The van der Waals surface area contributed by atoms with Gasteiger partial charge in [0, 0.05) is 19.1 Å².